The van der Waals surface area contributed by atoms with Crippen LogP contribution in [-0.2, 0) is 4.74 Å². The first-order chi connectivity index (χ1) is 9.28. The number of aromatic nitrogens is 2. The van der Waals surface area contributed by atoms with E-state index in [1.807, 2.05) is 6.92 Å². The van der Waals surface area contributed by atoms with Gasteiger partial charge >= 0.3 is 0 Å². The van der Waals surface area contributed by atoms with Crippen LogP contribution in [0.25, 0.3) is 0 Å². The fourth-order valence-electron chi connectivity index (χ4n) is 2.44. The molecule has 2 N–H and O–H groups in total. The molecule has 106 valence electrons. The number of nitrogens with zero attached hydrogens (tertiary/aromatic N) is 2. The zero-order valence-corrected chi connectivity index (χ0v) is 11.8. The molecule has 1 aromatic rings. The van der Waals surface area contributed by atoms with Crippen molar-refractivity contribution in [3.8, 4) is 5.75 Å². The van der Waals surface area contributed by atoms with Crippen LogP contribution in [0.1, 0.15) is 26.2 Å². The fraction of sp³-hybridized carbons (Fsp3) is 0.692. The molecular formula is C13H22N4O2. The molecule has 1 saturated carbocycles. The second-order valence-corrected chi connectivity index (χ2v) is 4.65. The zero-order chi connectivity index (χ0) is 13.7. The third-order valence-electron chi connectivity index (χ3n) is 3.41. The summed E-state index contributed by atoms with van der Waals surface area (Å²) in [6, 6.07) is 0.378. The van der Waals surface area contributed by atoms with Gasteiger partial charge in [0.05, 0.1) is 13.2 Å². The topological polar surface area (TPSA) is 68.3 Å². The van der Waals surface area contributed by atoms with Crippen molar-refractivity contribution in [2.75, 3.05) is 31.4 Å². The maximum atomic E-state index is 5.41. The minimum Gasteiger partial charge on any atom is -0.490 e. The number of hydrogen-bond donors (Lipinski definition) is 2. The predicted octanol–water partition coefficient (Wildman–Crippen LogP) is 1.90. The lowest BCUT2D eigenvalue weighted by Gasteiger charge is -2.17. The number of anilines is 2. The molecule has 1 heterocycles. The second kappa shape index (κ2) is 6.56. The molecule has 1 aromatic heterocycles. The highest BCUT2D eigenvalue weighted by molar-refractivity contribution is 5.63. The maximum Gasteiger partial charge on any atom is 0.204 e. The van der Waals surface area contributed by atoms with Crippen LogP contribution in [0, 0.1) is 0 Å². The van der Waals surface area contributed by atoms with Crippen LogP contribution in [0.5, 0.6) is 5.75 Å². The first-order valence-electron chi connectivity index (χ1n) is 6.70. The van der Waals surface area contributed by atoms with Gasteiger partial charge in [0.2, 0.25) is 5.75 Å². The van der Waals surface area contributed by atoms with Crippen molar-refractivity contribution in [1.82, 2.24) is 9.97 Å². The molecule has 6 heteroatoms. The Morgan fingerprint density at radius 2 is 2.05 bits per heavy atom. The number of ether oxygens (including phenoxy) is 2. The number of nitrogens with one attached hydrogen (secondary N) is 2. The van der Waals surface area contributed by atoms with Crippen LogP contribution < -0.4 is 15.4 Å². The van der Waals surface area contributed by atoms with Crippen LogP contribution in [0.15, 0.2) is 6.33 Å². The third-order valence-corrected chi connectivity index (χ3v) is 3.41. The van der Waals surface area contributed by atoms with Crippen LogP contribution in [0.3, 0.4) is 0 Å². The van der Waals surface area contributed by atoms with Crippen molar-refractivity contribution in [2.24, 2.45) is 0 Å². The summed E-state index contributed by atoms with van der Waals surface area (Å²) in [5.74, 6) is 2.14. The molecule has 19 heavy (non-hydrogen) atoms. The second-order valence-electron chi connectivity index (χ2n) is 4.65. The van der Waals surface area contributed by atoms with Gasteiger partial charge in [0.25, 0.3) is 0 Å². The van der Waals surface area contributed by atoms with E-state index in [-0.39, 0.29) is 0 Å². The van der Waals surface area contributed by atoms with Crippen LogP contribution in [0.2, 0.25) is 0 Å². The van der Waals surface area contributed by atoms with E-state index in [0.717, 1.165) is 37.4 Å². The van der Waals surface area contributed by atoms with Crippen molar-refractivity contribution in [3.63, 3.8) is 0 Å². The van der Waals surface area contributed by atoms with E-state index >= 15 is 0 Å². The van der Waals surface area contributed by atoms with E-state index < -0.39 is 0 Å². The first kappa shape index (κ1) is 13.9. The lowest BCUT2D eigenvalue weighted by Crippen LogP contribution is -2.19. The molecule has 0 bridgehead atoms. The SMILES string of the molecule is CCNc1ncnc(NC2CCC(OC)C2)c1OC. The van der Waals surface area contributed by atoms with Crippen molar-refractivity contribution in [2.45, 2.75) is 38.3 Å². The largest absolute Gasteiger partial charge is 0.490 e. The van der Waals surface area contributed by atoms with E-state index in [4.69, 9.17) is 9.47 Å². The van der Waals surface area contributed by atoms with Crippen LogP contribution in [-0.4, -0.2) is 42.9 Å². The predicted molar refractivity (Wildman–Crippen MR) is 74.8 cm³/mol. The summed E-state index contributed by atoms with van der Waals surface area (Å²) in [6.45, 7) is 2.82. The van der Waals surface area contributed by atoms with Gasteiger partial charge in [-0.05, 0) is 26.2 Å². The van der Waals surface area contributed by atoms with Gasteiger partial charge in [0.1, 0.15) is 6.33 Å². The van der Waals surface area contributed by atoms with Gasteiger partial charge in [-0.2, -0.15) is 0 Å². The van der Waals surface area contributed by atoms with Crippen molar-refractivity contribution >= 4 is 11.6 Å². The van der Waals surface area contributed by atoms with Gasteiger partial charge in [-0.25, -0.2) is 9.97 Å². The number of rotatable bonds is 6. The van der Waals surface area contributed by atoms with Gasteiger partial charge in [-0.15, -0.1) is 0 Å². The average Bonchev–Trinajstić information content (AvgIpc) is 2.87. The van der Waals surface area contributed by atoms with Crippen molar-refractivity contribution in [3.05, 3.63) is 6.33 Å². The van der Waals surface area contributed by atoms with E-state index in [1.54, 1.807) is 20.5 Å². The van der Waals surface area contributed by atoms with Gasteiger partial charge in [0.15, 0.2) is 11.6 Å². The molecule has 0 radical (unpaired) electrons. The monoisotopic (exact) mass is 266 g/mol. The molecule has 2 unspecified atom stereocenters. The molecule has 1 aliphatic carbocycles. The number of methoxy groups -OCH3 is 2. The highest BCUT2D eigenvalue weighted by atomic mass is 16.5. The Morgan fingerprint density at radius 3 is 2.68 bits per heavy atom. The maximum absolute atomic E-state index is 5.41. The summed E-state index contributed by atoms with van der Waals surface area (Å²) in [5.41, 5.74) is 0. The summed E-state index contributed by atoms with van der Waals surface area (Å²) in [6.07, 6.45) is 5.06. The summed E-state index contributed by atoms with van der Waals surface area (Å²) in [7, 11) is 3.40. The van der Waals surface area contributed by atoms with Gasteiger partial charge in [0, 0.05) is 19.7 Å². The average molecular weight is 266 g/mol. The Hall–Kier alpha value is -1.56. The first-order valence-corrected chi connectivity index (χ1v) is 6.70. The van der Waals surface area contributed by atoms with Crippen LogP contribution >= 0.6 is 0 Å². The summed E-state index contributed by atoms with van der Waals surface area (Å²) in [5, 5.41) is 6.60. The quantitative estimate of drug-likeness (QED) is 0.819. The third kappa shape index (κ3) is 3.26. The van der Waals surface area contributed by atoms with Crippen molar-refractivity contribution in [1.29, 1.82) is 0 Å². The molecule has 0 amide bonds. The minimum atomic E-state index is 0.346. The lowest BCUT2D eigenvalue weighted by atomic mass is 10.2. The summed E-state index contributed by atoms with van der Waals surface area (Å²) < 4.78 is 10.8. The zero-order valence-electron chi connectivity index (χ0n) is 11.8. The van der Waals surface area contributed by atoms with E-state index in [2.05, 4.69) is 20.6 Å². The van der Waals surface area contributed by atoms with Crippen molar-refractivity contribution < 1.29 is 9.47 Å². The Balaban J connectivity index is 2.09. The Morgan fingerprint density at radius 1 is 1.26 bits per heavy atom. The fourth-order valence-corrected chi connectivity index (χ4v) is 2.44. The Bertz CT molecular complexity index is 414. The lowest BCUT2D eigenvalue weighted by molar-refractivity contribution is 0.108. The van der Waals surface area contributed by atoms with E-state index in [9.17, 15) is 0 Å². The molecule has 6 nitrogen and oxygen atoms in total. The minimum absolute atomic E-state index is 0.346. The van der Waals surface area contributed by atoms with E-state index in [1.165, 1.54) is 0 Å². The van der Waals surface area contributed by atoms with Gasteiger partial charge in [-0.1, -0.05) is 0 Å². The standard InChI is InChI=1S/C13H22N4O2/c1-4-14-12-11(19-3)13(16-8-15-12)17-9-5-6-10(7-9)18-2/h8-10H,4-7H2,1-3H3,(H2,14,15,16,17). The number of hydrogen-bond acceptors (Lipinski definition) is 6. The smallest absolute Gasteiger partial charge is 0.204 e. The molecule has 2 rings (SSSR count). The Labute approximate surface area is 113 Å². The summed E-state index contributed by atoms with van der Waals surface area (Å²) in [4.78, 5) is 8.47. The molecule has 2 atom stereocenters. The van der Waals surface area contributed by atoms with Gasteiger partial charge in [-0.3, -0.25) is 0 Å². The molecule has 0 aromatic carbocycles. The van der Waals surface area contributed by atoms with Gasteiger partial charge < -0.3 is 20.1 Å². The molecule has 0 spiro atoms. The molecule has 0 aliphatic heterocycles. The molecule has 1 fully saturated rings. The summed E-state index contributed by atoms with van der Waals surface area (Å²) >= 11 is 0. The normalized spacial score (nSPS) is 22.3. The molecule has 0 saturated heterocycles. The molecule has 1 aliphatic rings. The van der Waals surface area contributed by atoms with Crippen LogP contribution in [0.4, 0.5) is 11.6 Å². The van der Waals surface area contributed by atoms with E-state index in [0.29, 0.717) is 17.9 Å². The Kier molecular flexibility index (Phi) is 4.79. The highest BCUT2D eigenvalue weighted by Crippen LogP contribution is 2.32. The molecular weight excluding hydrogens is 244 g/mol. The highest BCUT2D eigenvalue weighted by Gasteiger charge is 2.25.